The highest BCUT2D eigenvalue weighted by Crippen LogP contribution is 2.24. The zero-order valence-corrected chi connectivity index (χ0v) is 18.9. The first-order chi connectivity index (χ1) is 15.9. The number of hydrogen-bond acceptors (Lipinski definition) is 6. The molecule has 1 aromatic carbocycles. The van der Waals surface area contributed by atoms with Gasteiger partial charge in [-0.3, -0.25) is 9.59 Å². The smallest absolute Gasteiger partial charge is 0.245 e. The third-order valence-corrected chi connectivity index (χ3v) is 5.82. The van der Waals surface area contributed by atoms with Crippen LogP contribution in [0.5, 0.6) is 0 Å². The van der Waals surface area contributed by atoms with Crippen LogP contribution in [-0.2, 0) is 9.59 Å². The van der Waals surface area contributed by atoms with Crippen molar-refractivity contribution < 1.29 is 19.1 Å². The van der Waals surface area contributed by atoms with Gasteiger partial charge in [0, 0.05) is 12.1 Å². The number of aliphatic hydroxyl groups excluding tert-OH is 1. The Kier molecular flexibility index (Phi) is 8.11. The van der Waals surface area contributed by atoms with Crippen molar-refractivity contribution in [3.63, 3.8) is 0 Å². The molecule has 2 heterocycles. The highest BCUT2D eigenvalue weighted by Gasteiger charge is 2.38. The summed E-state index contributed by atoms with van der Waals surface area (Å²) in [6.07, 6.45) is 5.14. The number of nitrogens with one attached hydrogen (secondary N) is 2. The van der Waals surface area contributed by atoms with Gasteiger partial charge in [-0.25, -0.2) is 14.4 Å². The topological polar surface area (TPSA) is 107 Å². The van der Waals surface area contributed by atoms with Gasteiger partial charge in [0.05, 0.1) is 18.8 Å². The molecule has 3 atom stereocenters. The minimum Gasteiger partial charge on any atom is -0.394 e. The molecule has 1 aliphatic heterocycles. The lowest BCUT2D eigenvalue weighted by atomic mass is 10.0. The molecule has 8 nitrogen and oxygen atoms in total. The van der Waals surface area contributed by atoms with Gasteiger partial charge in [-0.05, 0) is 30.5 Å². The minimum absolute atomic E-state index is 0.0308. The molecule has 1 aliphatic rings. The highest BCUT2D eigenvalue weighted by molar-refractivity contribution is 5.90. The molecule has 1 aromatic heterocycles. The normalized spacial score (nSPS) is 17.5. The van der Waals surface area contributed by atoms with Gasteiger partial charge in [0.2, 0.25) is 11.8 Å². The van der Waals surface area contributed by atoms with E-state index < -0.39 is 23.9 Å². The number of nitrogens with zero attached hydrogens (tertiary/aromatic N) is 3. The molecule has 1 fully saturated rings. The molecule has 1 saturated heterocycles. The summed E-state index contributed by atoms with van der Waals surface area (Å²) in [5.74, 6) is -0.955. The van der Waals surface area contributed by atoms with E-state index in [1.165, 1.54) is 12.5 Å². The van der Waals surface area contributed by atoms with Crippen LogP contribution in [0.25, 0.3) is 11.3 Å². The summed E-state index contributed by atoms with van der Waals surface area (Å²) in [5, 5.41) is 15.8. The number of aliphatic hydroxyl groups is 1. The van der Waals surface area contributed by atoms with Crippen LogP contribution < -0.4 is 10.6 Å². The molecule has 176 valence electrons. The van der Waals surface area contributed by atoms with Gasteiger partial charge in [-0.15, -0.1) is 0 Å². The molecular weight excluding hydrogens is 425 g/mol. The molecule has 9 heteroatoms. The molecule has 33 heavy (non-hydrogen) atoms. The van der Waals surface area contributed by atoms with E-state index in [0.717, 1.165) is 12.6 Å². The Morgan fingerprint density at radius 2 is 2.06 bits per heavy atom. The fourth-order valence-electron chi connectivity index (χ4n) is 4.06. The molecular formula is C24H30FN5O3. The summed E-state index contributed by atoms with van der Waals surface area (Å²) in [4.78, 5) is 35.3. The summed E-state index contributed by atoms with van der Waals surface area (Å²) in [6, 6.07) is 5.04. The van der Waals surface area contributed by atoms with E-state index in [1.807, 2.05) is 13.8 Å². The van der Waals surface area contributed by atoms with E-state index in [0.29, 0.717) is 24.1 Å². The molecule has 0 aliphatic carbocycles. The van der Waals surface area contributed by atoms with Crippen LogP contribution >= 0.6 is 0 Å². The monoisotopic (exact) mass is 455 g/mol. The molecule has 3 N–H and O–H groups in total. The van der Waals surface area contributed by atoms with E-state index in [1.54, 1.807) is 29.2 Å². The summed E-state index contributed by atoms with van der Waals surface area (Å²) >= 11 is 0. The Morgan fingerprint density at radius 3 is 2.67 bits per heavy atom. The third-order valence-electron chi connectivity index (χ3n) is 5.82. The SMILES string of the molecule is C=CN[C@H](C(=O)N1CCC[C@H]1C(=O)N[C@@H](CO)c1ccc(-c2ncncc2F)cc1)C(C)C. The second-order valence-corrected chi connectivity index (χ2v) is 8.37. The van der Waals surface area contributed by atoms with Crippen LogP contribution in [0, 0.1) is 11.7 Å². The lowest BCUT2D eigenvalue weighted by Crippen LogP contribution is -2.53. The number of rotatable bonds is 9. The average molecular weight is 456 g/mol. The zero-order chi connectivity index (χ0) is 24.0. The maximum Gasteiger partial charge on any atom is 0.245 e. The summed E-state index contributed by atoms with van der Waals surface area (Å²) in [7, 11) is 0. The van der Waals surface area contributed by atoms with Crippen LogP contribution in [0.15, 0.2) is 49.6 Å². The zero-order valence-electron chi connectivity index (χ0n) is 18.9. The number of aromatic nitrogens is 2. The van der Waals surface area contributed by atoms with Gasteiger partial charge in [-0.2, -0.15) is 0 Å². The molecule has 0 radical (unpaired) electrons. The first-order valence-electron chi connectivity index (χ1n) is 11.0. The fraction of sp³-hybridized carbons (Fsp3) is 0.417. The Labute approximate surface area is 192 Å². The summed E-state index contributed by atoms with van der Waals surface area (Å²) < 4.78 is 13.9. The molecule has 0 bridgehead atoms. The maximum atomic E-state index is 13.9. The maximum absolute atomic E-state index is 13.9. The fourth-order valence-corrected chi connectivity index (χ4v) is 4.06. The summed E-state index contributed by atoms with van der Waals surface area (Å²) in [6.45, 7) is 7.69. The van der Waals surface area contributed by atoms with Crippen molar-refractivity contribution in [2.45, 2.75) is 44.8 Å². The van der Waals surface area contributed by atoms with Crippen LogP contribution in [-0.4, -0.2) is 57.0 Å². The van der Waals surface area contributed by atoms with Crippen molar-refractivity contribution in [3.8, 4) is 11.3 Å². The number of benzene rings is 1. The second kappa shape index (κ2) is 11.0. The predicted octanol–water partition coefficient (Wildman–Crippen LogP) is 2.18. The number of hydrogen-bond donors (Lipinski definition) is 3. The van der Waals surface area contributed by atoms with E-state index in [2.05, 4.69) is 27.2 Å². The van der Waals surface area contributed by atoms with Gasteiger partial charge in [0.25, 0.3) is 0 Å². The van der Waals surface area contributed by atoms with Crippen LogP contribution in [0.3, 0.4) is 0 Å². The molecule has 0 spiro atoms. The van der Waals surface area contributed by atoms with Crippen LogP contribution in [0.4, 0.5) is 4.39 Å². The highest BCUT2D eigenvalue weighted by atomic mass is 19.1. The van der Waals surface area contributed by atoms with Crippen molar-refractivity contribution >= 4 is 11.8 Å². The van der Waals surface area contributed by atoms with Gasteiger partial charge < -0.3 is 20.6 Å². The predicted molar refractivity (Wildman–Crippen MR) is 122 cm³/mol. The quantitative estimate of drug-likeness (QED) is 0.535. The van der Waals surface area contributed by atoms with Crippen molar-refractivity contribution in [1.29, 1.82) is 0 Å². The number of carbonyl (C=O) groups excluding carboxylic acids is 2. The van der Waals surface area contributed by atoms with Crippen LogP contribution in [0.1, 0.15) is 38.3 Å². The van der Waals surface area contributed by atoms with Gasteiger partial charge in [-0.1, -0.05) is 44.7 Å². The van der Waals surface area contributed by atoms with E-state index in [-0.39, 0.29) is 30.0 Å². The van der Waals surface area contributed by atoms with Gasteiger partial charge in [0.1, 0.15) is 24.1 Å². The molecule has 3 rings (SSSR count). The van der Waals surface area contributed by atoms with Crippen molar-refractivity contribution in [3.05, 3.63) is 60.9 Å². The number of amides is 2. The van der Waals surface area contributed by atoms with Crippen molar-refractivity contribution in [1.82, 2.24) is 25.5 Å². The molecule has 0 saturated carbocycles. The second-order valence-electron chi connectivity index (χ2n) is 8.37. The molecule has 2 aromatic rings. The van der Waals surface area contributed by atoms with Gasteiger partial charge in [0.15, 0.2) is 5.82 Å². The Balaban J connectivity index is 1.72. The first kappa shape index (κ1) is 24.3. The average Bonchev–Trinajstić information content (AvgIpc) is 3.31. The van der Waals surface area contributed by atoms with Crippen molar-refractivity contribution in [2.24, 2.45) is 5.92 Å². The van der Waals surface area contributed by atoms with Crippen LogP contribution in [0.2, 0.25) is 0 Å². The standard InChI is InChI=1S/C24H30FN5O3/c1-4-27-21(15(2)3)24(33)30-11-5-6-20(30)23(32)29-19(13-31)16-7-9-17(10-8-16)22-18(25)12-26-14-28-22/h4,7-10,12,14-15,19-21,27,31H,1,5-6,11,13H2,2-3H3,(H,29,32)/t19-,20-,21-/m0/s1. The lowest BCUT2D eigenvalue weighted by Gasteiger charge is -2.31. The van der Waals surface area contributed by atoms with E-state index in [9.17, 15) is 19.1 Å². The number of carbonyl (C=O) groups is 2. The van der Waals surface area contributed by atoms with E-state index in [4.69, 9.17) is 0 Å². The number of likely N-dealkylation sites (tertiary alicyclic amines) is 1. The molecule has 2 amide bonds. The molecule has 0 unspecified atom stereocenters. The Hall–Kier alpha value is -3.33. The first-order valence-corrected chi connectivity index (χ1v) is 11.0. The largest absolute Gasteiger partial charge is 0.394 e. The van der Waals surface area contributed by atoms with Crippen molar-refractivity contribution in [2.75, 3.05) is 13.2 Å². The third kappa shape index (κ3) is 5.54. The Morgan fingerprint density at radius 1 is 1.33 bits per heavy atom. The van der Waals surface area contributed by atoms with E-state index >= 15 is 0 Å². The minimum atomic E-state index is -0.661. The lowest BCUT2D eigenvalue weighted by molar-refractivity contribution is -0.141. The van der Waals surface area contributed by atoms with Gasteiger partial charge >= 0.3 is 0 Å². The number of halogens is 1. The summed E-state index contributed by atoms with van der Waals surface area (Å²) in [5.41, 5.74) is 1.39. The Bertz CT molecular complexity index is 982.